The summed E-state index contributed by atoms with van der Waals surface area (Å²) >= 11 is 3.60. The van der Waals surface area contributed by atoms with Gasteiger partial charge in [-0.3, -0.25) is 0 Å². The lowest BCUT2D eigenvalue weighted by molar-refractivity contribution is 1.30. The van der Waals surface area contributed by atoms with E-state index in [0.717, 1.165) is 89.8 Å². The van der Waals surface area contributed by atoms with Crippen molar-refractivity contribution in [1.29, 1.82) is 0 Å². The van der Waals surface area contributed by atoms with Crippen molar-refractivity contribution >= 4 is 109 Å². The van der Waals surface area contributed by atoms with Crippen LogP contribution in [0.5, 0.6) is 0 Å². The minimum atomic E-state index is -0.522. The van der Waals surface area contributed by atoms with Crippen molar-refractivity contribution < 1.29 is 8.22 Å². The lowest BCUT2D eigenvalue weighted by atomic mass is 9.95. The first-order chi connectivity index (χ1) is 42.1. The van der Waals surface area contributed by atoms with E-state index in [1.807, 2.05) is 48.5 Å². The molecule has 0 amide bonds. The van der Waals surface area contributed by atoms with Crippen molar-refractivity contribution in [2.24, 2.45) is 0 Å². The van der Waals surface area contributed by atoms with Gasteiger partial charge in [0.05, 0.1) is 40.4 Å². The van der Waals surface area contributed by atoms with Crippen molar-refractivity contribution in [2.45, 2.75) is 0 Å². The van der Waals surface area contributed by atoms with Gasteiger partial charge >= 0.3 is 0 Å². The van der Waals surface area contributed by atoms with Crippen LogP contribution in [0.1, 0.15) is 19.4 Å². The van der Waals surface area contributed by atoms with Crippen molar-refractivity contribution in [1.82, 2.24) is 0 Å². The zero-order valence-corrected chi connectivity index (χ0v) is 44.9. The zero-order valence-electron chi connectivity index (χ0n) is 49.3. The van der Waals surface area contributed by atoms with Crippen LogP contribution in [0.3, 0.4) is 0 Å². The van der Waals surface area contributed by atoms with Gasteiger partial charge in [0.1, 0.15) is 0 Å². The number of hydrogen-bond acceptors (Lipinski definition) is 4. The standard InChI is InChI=1S/C76H52N2S2/c1-3-51-19-15-25-57(47-51)59-39-45-69(67(49-59)55-21-7-5-8-22-55)77(71-31-17-29-65-63-27-11-13-33-73(63)79-75(65)71)61-41-35-53(36-42-61)54-37-43-62(44-38-54)78(72-32-18-30-66-64-28-12-14-34-74(64)80-76(66)72)70-46-40-60(58-26-16-20-52(4-2)48-58)50-68(70)56-23-9-6-10-24-56/h3-50H,1-2H2/i1D2,2D2,3D,4D. The Labute approximate surface area is 483 Å². The molecule has 0 spiro atoms. The molecule has 0 unspecified atom stereocenters. The molecule has 0 radical (unpaired) electrons. The Hall–Kier alpha value is -9.84. The first-order valence-electron chi connectivity index (χ1n) is 29.6. The van der Waals surface area contributed by atoms with Gasteiger partial charge in [-0.05, 0) is 141 Å². The molecule has 2 aromatic heterocycles. The lowest BCUT2D eigenvalue weighted by Crippen LogP contribution is -2.12. The molecule has 2 nitrogen and oxygen atoms in total. The van der Waals surface area contributed by atoms with E-state index in [1.54, 1.807) is 34.8 Å². The third-order valence-electron chi connectivity index (χ3n) is 15.2. The summed E-state index contributed by atoms with van der Waals surface area (Å²) in [6, 6.07) is 97.1. The molecule has 0 N–H and O–H groups in total. The zero-order chi connectivity index (χ0) is 58.4. The SMILES string of the molecule is [2H]C([2H])=C([2H])c1cccc(-c2ccc(N(c3ccc(-c4ccc(N(c5ccc(-c6cccc(C([2H])=C([2H])[2H])c6)cc5-c5ccccc5)c5cccc6c5sc5ccccc56)cc4)cc3)c3cccc4c3sc3ccccc34)c(-c3ccccc3)c2)c1. The molecule has 12 aromatic carbocycles. The summed E-state index contributed by atoms with van der Waals surface area (Å²) in [7, 11) is 0. The number of nitrogens with zero attached hydrogens (tertiary/aromatic N) is 2. The summed E-state index contributed by atoms with van der Waals surface area (Å²) in [5, 5.41) is 4.84. The molecule has 378 valence electrons. The Morgan fingerprint density at radius 2 is 0.662 bits per heavy atom. The Balaban J connectivity index is 0.899. The first kappa shape index (κ1) is 42.2. The lowest BCUT2D eigenvalue weighted by Gasteiger charge is -2.29. The normalized spacial score (nSPS) is 12.3. The molecule has 0 fully saturated rings. The summed E-state index contributed by atoms with van der Waals surface area (Å²) in [5.74, 6) is 0. The average molecular weight is 1060 g/mol. The molecule has 0 atom stereocenters. The van der Waals surface area contributed by atoms with E-state index in [-0.39, 0.29) is 12.1 Å². The highest BCUT2D eigenvalue weighted by Gasteiger charge is 2.24. The smallest absolute Gasteiger partial charge is 0.0640 e. The molecular formula is C76H52N2S2. The summed E-state index contributed by atoms with van der Waals surface area (Å²) < 4.78 is 53.2. The van der Waals surface area contributed by atoms with Crippen LogP contribution in [-0.2, 0) is 0 Å². The van der Waals surface area contributed by atoms with E-state index in [2.05, 4.69) is 228 Å². The monoisotopic (exact) mass is 1060 g/mol. The van der Waals surface area contributed by atoms with E-state index in [9.17, 15) is 0 Å². The quantitative estimate of drug-likeness (QED) is 0.114. The molecule has 0 aliphatic rings. The van der Waals surface area contributed by atoms with Crippen LogP contribution in [0.4, 0.5) is 34.1 Å². The van der Waals surface area contributed by atoms with Crippen molar-refractivity contribution in [3.8, 4) is 55.6 Å². The minimum absolute atomic E-state index is 0.120. The topological polar surface area (TPSA) is 6.48 Å². The van der Waals surface area contributed by atoms with Gasteiger partial charge < -0.3 is 9.80 Å². The van der Waals surface area contributed by atoms with E-state index >= 15 is 0 Å². The first-order valence-corrected chi connectivity index (χ1v) is 28.3. The highest BCUT2D eigenvalue weighted by Crippen LogP contribution is 2.51. The van der Waals surface area contributed by atoms with Crippen LogP contribution >= 0.6 is 22.7 Å². The predicted octanol–water partition coefficient (Wildman–Crippen LogP) is 23.0. The number of benzene rings is 12. The molecular weight excluding hydrogens is 1000 g/mol. The van der Waals surface area contributed by atoms with E-state index in [4.69, 9.17) is 8.22 Å². The van der Waals surface area contributed by atoms with Gasteiger partial charge in [-0.2, -0.15) is 0 Å². The summed E-state index contributed by atoms with van der Waals surface area (Å²) in [6.07, 6.45) is 0. The Bertz CT molecular complexity index is 4630. The number of fused-ring (bicyclic) bond motifs is 6. The van der Waals surface area contributed by atoms with E-state index < -0.39 is 13.1 Å². The largest absolute Gasteiger partial charge is 0.308 e. The maximum Gasteiger partial charge on any atom is 0.0640 e. The van der Waals surface area contributed by atoms with Gasteiger partial charge in [-0.25, -0.2) is 0 Å². The number of rotatable bonds is 13. The minimum Gasteiger partial charge on any atom is -0.308 e. The molecule has 0 bridgehead atoms. The summed E-state index contributed by atoms with van der Waals surface area (Å²) in [5.41, 5.74) is 17.1. The van der Waals surface area contributed by atoms with Crippen molar-refractivity contribution in [3.63, 3.8) is 0 Å². The summed E-state index contributed by atoms with van der Waals surface area (Å²) in [6.45, 7) is -1.04. The molecule has 0 aliphatic carbocycles. The molecule has 0 saturated heterocycles. The molecule has 0 saturated carbocycles. The molecule has 14 aromatic rings. The van der Waals surface area contributed by atoms with Gasteiger partial charge in [-0.15, -0.1) is 22.7 Å². The maximum atomic E-state index is 8.46. The van der Waals surface area contributed by atoms with Gasteiger partial charge in [0.15, 0.2) is 0 Å². The predicted molar refractivity (Wildman–Crippen MR) is 349 cm³/mol. The van der Waals surface area contributed by atoms with Crippen LogP contribution in [0.25, 0.3) is 108 Å². The second-order valence-corrected chi connectivity index (χ2v) is 22.0. The molecule has 4 heteroatoms. The second kappa shape index (κ2) is 20.8. The van der Waals surface area contributed by atoms with Crippen LogP contribution < -0.4 is 9.80 Å². The van der Waals surface area contributed by atoms with Crippen LogP contribution in [0.15, 0.2) is 292 Å². The van der Waals surface area contributed by atoms with E-state index in [0.29, 0.717) is 11.1 Å². The van der Waals surface area contributed by atoms with Crippen molar-refractivity contribution in [3.05, 3.63) is 303 Å². The highest BCUT2D eigenvalue weighted by atomic mass is 32.1. The third kappa shape index (κ3) is 8.87. The van der Waals surface area contributed by atoms with Crippen LogP contribution in [0.2, 0.25) is 0 Å². The number of anilines is 6. The fraction of sp³-hybridized carbons (Fsp3) is 0. The number of thiophene rings is 2. The Kier molecular flexibility index (Phi) is 11.0. The van der Waals surface area contributed by atoms with Gasteiger partial charge in [0.2, 0.25) is 0 Å². The fourth-order valence-electron chi connectivity index (χ4n) is 11.3. The molecule has 14 rings (SSSR count). The fourth-order valence-corrected chi connectivity index (χ4v) is 13.7. The average Bonchev–Trinajstić information content (AvgIpc) is 3.08. The van der Waals surface area contributed by atoms with Gasteiger partial charge in [0.25, 0.3) is 0 Å². The van der Waals surface area contributed by atoms with E-state index in [1.165, 1.54) is 40.3 Å². The molecule has 2 heterocycles. The Morgan fingerprint density at radius 1 is 0.300 bits per heavy atom. The van der Waals surface area contributed by atoms with Crippen LogP contribution in [-0.4, -0.2) is 0 Å². The van der Waals surface area contributed by atoms with Crippen LogP contribution in [0, 0.1) is 0 Å². The molecule has 80 heavy (non-hydrogen) atoms. The summed E-state index contributed by atoms with van der Waals surface area (Å²) in [4.78, 5) is 4.77. The van der Waals surface area contributed by atoms with Crippen molar-refractivity contribution in [2.75, 3.05) is 9.80 Å². The van der Waals surface area contributed by atoms with Gasteiger partial charge in [-0.1, -0.05) is 219 Å². The molecule has 0 aliphatic heterocycles. The second-order valence-electron chi connectivity index (χ2n) is 19.9. The third-order valence-corrected chi connectivity index (χ3v) is 17.6. The van der Waals surface area contributed by atoms with Gasteiger partial charge in [0, 0.05) is 53.4 Å². The maximum absolute atomic E-state index is 8.46. The highest BCUT2D eigenvalue weighted by molar-refractivity contribution is 7.26. The number of hydrogen-bond donors (Lipinski definition) is 0. The Morgan fingerprint density at radius 3 is 1.10 bits per heavy atom.